The number of methoxy groups -OCH3 is 1. The Kier molecular flexibility index (Phi) is 4.62. The van der Waals surface area contributed by atoms with E-state index in [1.54, 1.807) is 13.8 Å². The first-order chi connectivity index (χ1) is 18.1. The predicted octanol–water partition coefficient (Wildman–Crippen LogP) is 0.113. The average molecular weight is 547 g/mol. The van der Waals surface area contributed by atoms with E-state index in [0.717, 1.165) is 0 Å². The zero-order chi connectivity index (χ0) is 28.2. The van der Waals surface area contributed by atoms with E-state index in [-0.39, 0.29) is 38.5 Å². The fourth-order valence-electron chi connectivity index (χ4n) is 10.1. The van der Waals surface area contributed by atoms with Gasteiger partial charge in [0.1, 0.15) is 11.7 Å². The molecule has 4 aliphatic heterocycles. The normalized spacial score (nSPS) is 59.0. The molecule has 0 aromatic carbocycles. The van der Waals surface area contributed by atoms with Crippen LogP contribution in [0.1, 0.15) is 59.3 Å². The lowest BCUT2D eigenvalue weighted by molar-refractivity contribution is -0.359. The van der Waals surface area contributed by atoms with Crippen molar-refractivity contribution in [2.45, 2.75) is 99.7 Å². The molecule has 12 unspecified atom stereocenters. The van der Waals surface area contributed by atoms with Gasteiger partial charge >= 0.3 is 11.9 Å². The molecule has 212 valence electrons. The van der Waals surface area contributed by atoms with Crippen molar-refractivity contribution in [1.29, 1.82) is 0 Å². The fraction of sp³-hybridized carbons (Fsp3) is 0.786. The maximum Gasteiger partial charge on any atom is 0.342 e. The summed E-state index contributed by atoms with van der Waals surface area (Å²) in [5.74, 6) is -7.57. The van der Waals surface area contributed by atoms with Crippen LogP contribution < -0.4 is 0 Å². The van der Waals surface area contributed by atoms with Crippen molar-refractivity contribution in [2.75, 3.05) is 7.11 Å². The molecule has 2 saturated carbocycles. The Morgan fingerprint density at radius 3 is 2.49 bits per heavy atom. The number of rotatable bonds is 1. The Bertz CT molecular complexity index is 1280. The number of Topliss-reactive ketones (excluding diaryl/α,β-unsaturated/α-hetero) is 1. The maximum absolute atomic E-state index is 14.9. The number of hydrogen-bond donors (Lipinski definition) is 3. The number of esters is 2. The summed E-state index contributed by atoms with van der Waals surface area (Å²) >= 11 is 0. The molecule has 4 bridgehead atoms. The van der Waals surface area contributed by atoms with Crippen molar-refractivity contribution in [3.63, 3.8) is 0 Å². The van der Waals surface area contributed by atoms with Crippen LogP contribution in [0.5, 0.6) is 0 Å². The smallest absolute Gasteiger partial charge is 0.342 e. The SMILES string of the molecule is COC12OC34C(C1=O)C1(C)CC(=O)OC(C1)C3(C)OC(=O)C4(O)CCC1C2CC(O)C2(O)CC=CC(=O)C12C. The number of ether oxygens (including phenoxy) is 4. The number of fused-ring (bicyclic) bond motifs is 9. The van der Waals surface area contributed by atoms with Crippen LogP contribution in [-0.4, -0.2) is 86.3 Å². The number of carbonyl (C=O) groups is 4. The third kappa shape index (κ3) is 2.36. The van der Waals surface area contributed by atoms with Crippen molar-refractivity contribution in [1.82, 2.24) is 0 Å². The molecule has 0 aromatic rings. The van der Waals surface area contributed by atoms with Crippen molar-refractivity contribution in [3.05, 3.63) is 12.2 Å². The standard InChI is InChI=1S/C28H34O11/c1-22-11-17(37-18(31)12-22)24(3)28-19(22)20(32)27(36-4,39-28)14-10-16(30)25(34)8-5-6-15(29)23(25,2)13(14)7-9-26(28,35)21(33)38-24/h5-6,13-14,16-17,19,30,34-35H,7-12H2,1-4H3. The number of aliphatic hydroxyl groups is 3. The number of carbonyl (C=O) groups excluding carboxylic acids is 4. The minimum Gasteiger partial charge on any atom is -0.458 e. The van der Waals surface area contributed by atoms with Crippen molar-refractivity contribution in [2.24, 2.45) is 28.6 Å². The molecule has 7 aliphatic rings. The fourth-order valence-corrected chi connectivity index (χ4v) is 10.1. The molecule has 11 heteroatoms. The van der Waals surface area contributed by atoms with E-state index in [4.69, 9.17) is 18.9 Å². The molecule has 0 amide bonds. The number of ketones is 2. The highest BCUT2D eigenvalue weighted by atomic mass is 16.7. The van der Waals surface area contributed by atoms with Gasteiger partial charge in [-0.3, -0.25) is 14.4 Å². The van der Waals surface area contributed by atoms with E-state index < -0.39 is 92.5 Å². The second-order valence-corrected chi connectivity index (χ2v) is 13.5. The summed E-state index contributed by atoms with van der Waals surface area (Å²) in [5, 5.41) is 35.5. The monoisotopic (exact) mass is 546 g/mol. The van der Waals surface area contributed by atoms with Gasteiger partial charge < -0.3 is 34.3 Å². The van der Waals surface area contributed by atoms with Crippen LogP contribution in [0.3, 0.4) is 0 Å². The van der Waals surface area contributed by atoms with E-state index >= 15 is 0 Å². The molecule has 6 fully saturated rings. The Morgan fingerprint density at radius 1 is 1.08 bits per heavy atom. The van der Waals surface area contributed by atoms with E-state index in [9.17, 15) is 34.5 Å². The minimum atomic E-state index is -2.34. The van der Waals surface area contributed by atoms with Gasteiger partial charge in [-0.15, -0.1) is 0 Å². The van der Waals surface area contributed by atoms with Gasteiger partial charge in [0.2, 0.25) is 5.79 Å². The van der Waals surface area contributed by atoms with Gasteiger partial charge in [-0.05, 0) is 63.4 Å². The number of allylic oxidation sites excluding steroid dienone is 1. The second-order valence-electron chi connectivity index (χ2n) is 13.5. The molecule has 3 N–H and O–H groups in total. The third-order valence-corrected chi connectivity index (χ3v) is 12.1. The maximum atomic E-state index is 14.9. The van der Waals surface area contributed by atoms with Crippen LogP contribution in [0.2, 0.25) is 0 Å². The summed E-state index contributed by atoms with van der Waals surface area (Å²) in [6.45, 7) is 4.85. The average Bonchev–Trinajstić information content (AvgIpc) is 3.24. The number of aliphatic hydroxyl groups excluding tert-OH is 1. The van der Waals surface area contributed by atoms with Gasteiger partial charge in [-0.1, -0.05) is 13.0 Å². The summed E-state index contributed by atoms with van der Waals surface area (Å²) in [5.41, 5.74) is -10.5. The largest absolute Gasteiger partial charge is 0.458 e. The Morgan fingerprint density at radius 2 is 1.79 bits per heavy atom. The van der Waals surface area contributed by atoms with Crippen LogP contribution in [0, 0.1) is 28.6 Å². The first-order valence-electron chi connectivity index (χ1n) is 13.7. The van der Waals surface area contributed by atoms with Gasteiger partial charge in [0.25, 0.3) is 0 Å². The van der Waals surface area contributed by atoms with Crippen LogP contribution in [0.25, 0.3) is 0 Å². The predicted molar refractivity (Wildman–Crippen MR) is 127 cm³/mol. The van der Waals surface area contributed by atoms with E-state index in [0.29, 0.717) is 0 Å². The molecular formula is C28H34O11. The molecule has 3 aliphatic carbocycles. The highest BCUT2D eigenvalue weighted by Gasteiger charge is 2.92. The summed E-state index contributed by atoms with van der Waals surface area (Å²) < 4.78 is 24.3. The van der Waals surface area contributed by atoms with E-state index in [1.165, 1.54) is 26.2 Å². The molecule has 11 nitrogen and oxygen atoms in total. The van der Waals surface area contributed by atoms with Gasteiger partial charge in [0.05, 0.1) is 23.9 Å². The quantitative estimate of drug-likeness (QED) is 0.382. The van der Waals surface area contributed by atoms with Crippen molar-refractivity contribution in [3.8, 4) is 0 Å². The molecule has 4 heterocycles. The highest BCUT2D eigenvalue weighted by molar-refractivity contribution is 6.00. The molecule has 4 saturated heterocycles. The van der Waals surface area contributed by atoms with Crippen LogP contribution in [-0.2, 0) is 38.1 Å². The second kappa shape index (κ2) is 6.99. The number of hydrogen-bond acceptors (Lipinski definition) is 11. The first kappa shape index (κ1) is 25.8. The van der Waals surface area contributed by atoms with Crippen LogP contribution >= 0.6 is 0 Å². The van der Waals surface area contributed by atoms with Crippen molar-refractivity contribution >= 4 is 23.5 Å². The molecule has 1 spiro atoms. The molecule has 0 aromatic heterocycles. The molecule has 7 rings (SSSR count). The van der Waals surface area contributed by atoms with Gasteiger partial charge in [0, 0.05) is 13.0 Å². The minimum absolute atomic E-state index is 0.0184. The van der Waals surface area contributed by atoms with E-state index in [1.807, 2.05) is 0 Å². The van der Waals surface area contributed by atoms with Crippen LogP contribution in [0.15, 0.2) is 12.2 Å². The topological polar surface area (TPSA) is 166 Å². The van der Waals surface area contributed by atoms with Gasteiger partial charge in [0.15, 0.2) is 28.4 Å². The summed E-state index contributed by atoms with van der Waals surface area (Å²) in [6, 6.07) is 0. The Labute approximate surface area is 224 Å². The molecule has 0 radical (unpaired) electrons. The molecular weight excluding hydrogens is 512 g/mol. The summed E-state index contributed by atoms with van der Waals surface area (Å²) in [6.07, 6.45) is 0.282. The molecule has 12 atom stereocenters. The lowest BCUT2D eigenvalue weighted by atomic mass is 9.47. The lowest BCUT2D eigenvalue weighted by Crippen LogP contribution is -2.77. The van der Waals surface area contributed by atoms with Gasteiger partial charge in [-0.2, -0.15) is 0 Å². The summed E-state index contributed by atoms with van der Waals surface area (Å²) in [7, 11) is 1.28. The zero-order valence-corrected chi connectivity index (χ0v) is 22.4. The Balaban J connectivity index is 1.51. The van der Waals surface area contributed by atoms with Crippen LogP contribution in [0.4, 0.5) is 0 Å². The van der Waals surface area contributed by atoms with Crippen molar-refractivity contribution < 1.29 is 53.4 Å². The highest BCUT2D eigenvalue weighted by Crippen LogP contribution is 2.73. The van der Waals surface area contributed by atoms with Gasteiger partial charge in [-0.25, -0.2) is 4.79 Å². The first-order valence-corrected chi connectivity index (χ1v) is 13.7. The molecule has 39 heavy (non-hydrogen) atoms. The third-order valence-electron chi connectivity index (χ3n) is 12.1. The Hall–Kier alpha value is -2.18. The van der Waals surface area contributed by atoms with E-state index in [2.05, 4.69) is 0 Å². The zero-order valence-electron chi connectivity index (χ0n) is 22.4. The lowest BCUT2D eigenvalue weighted by Gasteiger charge is -2.62. The summed E-state index contributed by atoms with van der Waals surface area (Å²) in [4.78, 5) is 54.9.